The van der Waals surface area contributed by atoms with E-state index in [1.165, 1.54) is 6.20 Å². The van der Waals surface area contributed by atoms with Crippen molar-refractivity contribution >= 4 is 17.5 Å². The van der Waals surface area contributed by atoms with Crippen LogP contribution in [0.25, 0.3) is 0 Å². The van der Waals surface area contributed by atoms with Gasteiger partial charge in [0.15, 0.2) is 0 Å². The normalized spacial score (nSPS) is 12.5. The lowest BCUT2D eigenvalue weighted by Gasteiger charge is -2.14. The van der Waals surface area contributed by atoms with Gasteiger partial charge in [-0.2, -0.15) is 0 Å². The molecule has 0 aliphatic carbocycles. The van der Waals surface area contributed by atoms with Crippen molar-refractivity contribution in [3.05, 3.63) is 22.7 Å². The van der Waals surface area contributed by atoms with Crippen molar-refractivity contribution in [1.29, 1.82) is 0 Å². The molecule has 0 spiro atoms. The first-order valence-corrected chi connectivity index (χ1v) is 7.16. The molecule has 4 nitrogen and oxygen atoms in total. The van der Waals surface area contributed by atoms with Gasteiger partial charge in [-0.15, -0.1) is 0 Å². The molecule has 1 amide bonds. The second-order valence-corrected chi connectivity index (χ2v) is 5.50. The molecule has 0 aromatic carbocycles. The molecule has 0 aliphatic rings. The first kappa shape index (κ1) is 15.9. The second-order valence-electron chi connectivity index (χ2n) is 5.10. The highest BCUT2D eigenvalue weighted by molar-refractivity contribution is 6.33. The Bertz CT molecular complexity index is 435. The number of carbonyl (C=O) groups is 1. The highest BCUT2D eigenvalue weighted by Crippen LogP contribution is 2.16. The fraction of sp³-hybridized carbons (Fsp3) is 0.643. The van der Waals surface area contributed by atoms with Crippen LogP contribution in [0, 0.1) is 0 Å². The zero-order valence-electron chi connectivity index (χ0n) is 12.0. The van der Waals surface area contributed by atoms with Crippen molar-refractivity contribution in [3.63, 3.8) is 0 Å². The summed E-state index contributed by atoms with van der Waals surface area (Å²) in [6.07, 6.45) is 4.67. The highest BCUT2D eigenvalue weighted by Gasteiger charge is 2.17. The summed E-state index contributed by atoms with van der Waals surface area (Å²) in [6, 6.07) is 0.126. The smallest absolute Gasteiger partial charge is 0.271 e. The van der Waals surface area contributed by atoms with Crippen molar-refractivity contribution < 1.29 is 4.79 Å². The Balaban J connectivity index is 2.78. The molecule has 5 heteroatoms. The van der Waals surface area contributed by atoms with Gasteiger partial charge in [0.2, 0.25) is 0 Å². The number of halogens is 1. The van der Waals surface area contributed by atoms with E-state index < -0.39 is 0 Å². The fourth-order valence-electron chi connectivity index (χ4n) is 1.69. The molecule has 1 rings (SSSR count). The van der Waals surface area contributed by atoms with Gasteiger partial charge in [0, 0.05) is 12.0 Å². The van der Waals surface area contributed by atoms with Gasteiger partial charge >= 0.3 is 0 Å². The van der Waals surface area contributed by atoms with Crippen molar-refractivity contribution in [2.24, 2.45) is 0 Å². The number of aromatic nitrogens is 2. The summed E-state index contributed by atoms with van der Waals surface area (Å²) in [6.45, 7) is 8.08. The molecular formula is C14H22ClN3O. The average Bonchev–Trinajstić information content (AvgIpc) is 2.36. The van der Waals surface area contributed by atoms with Crippen LogP contribution in [0.3, 0.4) is 0 Å². The van der Waals surface area contributed by atoms with Gasteiger partial charge in [-0.05, 0) is 13.3 Å². The standard InChI is InChI=1S/C14H22ClN3O/c1-5-6-7-10(4)17-14(19)12-11(15)8-16-13(18-12)9(2)3/h8-10H,5-7H2,1-4H3,(H,17,19). The Morgan fingerprint density at radius 1 is 1.42 bits per heavy atom. The Hall–Kier alpha value is -1.16. The van der Waals surface area contributed by atoms with Crippen LogP contribution < -0.4 is 5.32 Å². The maximum atomic E-state index is 12.1. The third-order valence-electron chi connectivity index (χ3n) is 2.86. The molecule has 1 heterocycles. The minimum absolute atomic E-state index is 0.126. The lowest BCUT2D eigenvalue weighted by atomic mass is 10.1. The van der Waals surface area contributed by atoms with E-state index in [2.05, 4.69) is 22.2 Å². The maximum absolute atomic E-state index is 12.1. The van der Waals surface area contributed by atoms with E-state index in [9.17, 15) is 4.79 Å². The molecule has 1 N–H and O–H groups in total. The van der Waals surface area contributed by atoms with Crippen molar-refractivity contribution in [2.75, 3.05) is 0 Å². The number of carbonyl (C=O) groups excluding carboxylic acids is 1. The van der Waals surface area contributed by atoms with Gasteiger partial charge in [0.05, 0.1) is 11.2 Å². The van der Waals surface area contributed by atoms with E-state index in [1.807, 2.05) is 20.8 Å². The number of nitrogens with zero attached hydrogens (tertiary/aromatic N) is 2. The zero-order chi connectivity index (χ0) is 14.4. The van der Waals surface area contributed by atoms with Crippen LogP contribution in [0.2, 0.25) is 5.02 Å². The maximum Gasteiger partial charge on any atom is 0.271 e. The largest absolute Gasteiger partial charge is 0.348 e. The SMILES string of the molecule is CCCCC(C)NC(=O)c1nc(C(C)C)ncc1Cl. The van der Waals surface area contributed by atoms with Crippen molar-refractivity contribution in [2.45, 2.75) is 58.9 Å². The molecule has 0 saturated heterocycles. The van der Waals surface area contributed by atoms with Crippen LogP contribution in [-0.4, -0.2) is 21.9 Å². The number of amides is 1. The minimum atomic E-state index is -0.224. The molecule has 1 aromatic rings. The van der Waals surface area contributed by atoms with E-state index in [0.717, 1.165) is 19.3 Å². The first-order valence-electron chi connectivity index (χ1n) is 6.79. The molecule has 1 aromatic heterocycles. The summed E-state index contributed by atoms with van der Waals surface area (Å²) in [5.41, 5.74) is 0.267. The molecule has 0 bridgehead atoms. The quantitative estimate of drug-likeness (QED) is 0.868. The Labute approximate surface area is 120 Å². The summed E-state index contributed by atoms with van der Waals surface area (Å²) in [7, 11) is 0. The number of hydrogen-bond acceptors (Lipinski definition) is 3. The number of nitrogens with one attached hydrogen (secondary N) is 1. The van der Waals surface area contributed by atoms with Crippen LogP contribution in [0.1, 0.15) is 69.2 Å². The fourth-order valence-corrected chi connectivity index (χ4v) is 1.87. The predicted molar refractivity (Wildman–Crippen MR) is 77.6 cm³/mol. The molecule has 19 heavy (non-hydrogen) atoms. The third kappa shape index (κ3) is 4.78. The Morgan fingerprint density at radius 3 is 2.68 bits per heavy atom. The van der Waals surface area contributed by atoms with Crippen molar-refractivity contribution in [3.8, 4) is 0 Å². The first-order chi connectivity index (χ1) is 8.95. The van der Waals surface area contributed by atoms with Crippen LogP contribution in [0.15, 0.2) is 6.20 Å². The molecular weight excluding hydrogens is 262 g/mol. The minimum Gasteiger partial charge on any atom is -0.348 e. The molecule has 0 fully saturated rings. The van der Waals surface area contributed by atoms with E-state index in [1.54, 1.807) is 0 Å². The average molecular weight is 284 g/mol. The summed E-state index contributed by atoms with van der Waals surface area (Å²) in [4.78, 5) is 20.5. The van der Waals surface area contributed by atoms with Crippen molar-refractivity contribution in [1.82, 2.24) is 15.3 Å². The molecule has 0 aliphatic heterocycles. The van der Waals surface area contributed by atoms with Gasteiger partial charge in [0.1, 0.15) is 11.5 Å². The molecule has 1 unspecified atom stereocenters. The summed E-state index contributed by atoms with van der Waals surface area (Å²) >= 11 is 6.00. The van der Waals surface area contributed by atoms with E-state index in [-0.39, 0.29) is 23.6 Å². The van der Waals surface area contributed by atoms with E-state index in [4.69, 9.17) is 11.6 Å². The van der Waals surface area contributed by atoms with Gasteiger partial charge in [-0.25, -0.2) is 9.97 Å². The zero-order valence-corrected chi connectivity index (χ0v) is 12.8. The van der Waals surface area contributed by atoms with Gasteiger partial charge in [-0.3, -0.25) is 4.79 Å². The molecule has 106 valence electrons. The van der Waals surface area contributed by atoms with Gasteiger partial charge in [0.25, 0.3) is 5.91 Å². The monoisotopic (exact) mass is 283 g/mol. The lowest BCUT2D eigenvalue weighted by molar-refractivity contribution is 0.0932. The second kappa shape index (κ2) is 7.43. The van der Waals surface area contributed by atoms with E-state index in [0.29, 0.717) is 10.8 Å². The lowest BCUT2D eigenvalue weighted by Crippen LogP contribution is -2.33. The molecule has 0 saturated carbocycles. The molecule has 0 radical (unpaired) electrons. The highest BCUT2D eigenvalue weighted by atomic mass is 35.5. The summed E-state index contributed by atoms with van der Waals surface area (Å²) < 4.78 is 0. The number of rotatable bonds is 6. The van der Waals surface area contributed by atoms with Crippen LogP contribution in [-0.2, 0) is 0 Å². The van der Waals surface area contributed by atoms with E-state index >= 15 is 0 Å². The van der Waals surface area contributed by atoms with Gasteiger partial charge in [-0.1, -0.05) is 45.2 Å². The van der Waals surface area contributed by atoms with Gasteiger partial charge < -0.3 is 5.32 Å². The summed E-state index contributed by atoms with van der Waals surface area (Å²) in [5, 5.41) is 3.22. The number of hydrogen-bond donors (Lipinski definition) is 1. The summed E-state index contributed by atoms with van der Waals surface area (Å²) in [5.74, 6) is 0.579. The Kier molecular flexibility index (Phi) is 6.22. The Morgan fingerprint density at radius 2 is 2.11 bits per heavy atom. The topological polar surface area (TPSA) is 54.9 Å². The van der Waals surface area contributed by atoms with Crippen LogP contribution >= 0.6 is 11.6 Å². The van der Waals surface area contributed by atoms with Crippen LogP contribution in [0.5, 0.6) is 0 Å². The molecule has 1 atom stereocenters. The predicted octanol–water partition coefficient (Wildman–Crippen LogP) is 3.56. The third-order valence-corrected chi connectivity index (χ3v) is 3.14. The number of unbranched alkanes of at least 4 members (excludes halogenated alkanes) is 1. The van der Waals surface area contributed by atoms with Crippen LogP contribution in [0.4, 0.5) is 0 Å².